The summed E-state index contributed by atoms with van der Waals surface area (Å²) in [7, 11) is 0. The Morgan fingerprint density at radius 1 is 1.11 bits per heavy atom. The minimum Gasteiger partial charge on any atom is -0.405 e. The Balaban J connectivity index is 2.45. The molecule has 2 N–H and O–H groups in total. The Labute approximate surface area is 157 Å². The zero-order valence-corrected chi connectivity index (χ0v) is 15.9. The first-order chi connectivity index (χ1) is 12.7. The monoisotopic (exact) mass is 381 g/mol. The van der Waals surface area contributed by atoms with Crippen molar-refractivity contribution >= 4 is 5.82 Å². The molecule has 0 bridgehead atoms. The van der Waals surface area contributed by atoms with Gasteiger partial charge in [0.1, 0.15) is 17.3 Å². The van der Waals surface area contributed by atoms with Gasteiger partial charge < -0.3 is 10.5 Å². The molecule has 0 aliphatic rings. The summed E-state index contributed by atoms with van der Waals surface area (Å²) in [5, 5.41) is 8.08. The molecule has 148 valence electrons. The second-order valence-corrected chi connectivity index (χ2v) is 6.77. The largest absolute Gasteiger partial charge is 0.573 e. The van der Waals surface area contributed by atoms with Crippen LogP contribution < -0.4 is 10.5 Å². The molecule has 2 aromatic rings. The van der Waals surface area contributed by atoms with Crippen LogP contribution in [0.2, 0.25) is 0 Å². The second-order valence-electron chi connectivity index (χ2n) is 6.77. The highest BCUT2D eigenvalue weighted by atomic mass is 19.4. The Morgan fingerprint density at radius 2 is 1.81 bits per heavy atom. The summed E-state index contributed by atoms with van der Waals surface area (Å²) < 4.78 is 42.6. The number of hydrogen-bond acceptors (Lipinski definition) is 4. The molecule has 0 aliphatic heterocycles. The van der Waals surface area contributed by atoms with Gasteiger partial charge in [-0.25, -0.2) is 0 Å². The third-order valence-electron chi connectivity index (χ3n) is 4.65. The SMILES string of the molecule is CCCCCCC(C)c1c(-c2ccccc2OC(F)(F)F)nnc(N)c1C. The van der Waals surface area contributed by atoms with Crippen LogP contribution in [0, 0.1) is 6.92 Å². The number of alkyl halides is 3. The number of hydrogen-bond donors (Lipinski definition) is 1. The van der Waals surface area contributed by atoms with Crippen LogP contribution in [-0.4, -0.2) is 16.6 Å². The van der Waals surface area contributed by atoms with E-state index in [2.05, 4.69) is 21.9 Å². The Bertz CT molecular complexity index is 763. The number of benzene rings is 1. The Hall–Kier alpha value is -2.31. The molecule has 1 unspecified atom stereocenters. The van der Waals surface area contributed by atoms with Crippen molar-refractivity contribution in [1.29, 1.82) is 0 Å². The summed E-state index contributed by atoms with van der Waals surface area (Å²) in [6, 6.07) is 6.00. The first-order valence-corrected chi connectivity index (χ1v) is 9.22. The van der Waals surface area contributed by atoms with Crippen molar-refractivity contribution in [1.82, 2.24) is 10.2 Å². The summed E-state index contributed by atoms with van der Waals surface area (Å²) in [5.74, 6) is 0.0971. The highest BCUT2D eigenvalue weighted by molar-refractivity contribution is 5.72. The zero-order valence-electron chi connectivity index (χ0n) is 15.9. The van der Waals surface area contributed by atoms with Crippen molar-refractivity contribution < 1.29 is 17.9 Å². The van der Waals surface area contributed by atoms with Crippen molar-refractivity contribution in [2.75, 3.05) is 5.73 Å². The lowest BCUT2D eigenvalue weighted by Crippen LogP contribution is -2.18. The van der Waals surface area contributed by atoms with Crippen molar-refractivity contribution in [2.24, 2.45) is 0 Å². The third kappa shape index (κ3) is 5.58. The van der Waals surface area contributed by atoms with Gasteiger partial charge >= 0.3 is 6.36 Å². The van der Waals surface area contributed by atoms with E-state index in [9.17, 15) is 13.2 Å². The van der Waals surface area contributed by atoms with Crippen molar-refractivity contribution in [2.45, 2.75) is 65.2 Å². The number of halogens is 3. The van der Waals surface area contributed by atoms with Crippen LogP contribution in [0.25, 0.3) is 11.3 Å². The Morgan fingerprint density at radius 3 is 2.48 bits per heavy atom. The molecule has 0 saturated heterocycles. The normalized spacial score (nSPS) is 12.8. The van der Waals surface area contributed by atoms with Crippen LogP contribution in [0.3, 0.4) is 0 Å². The van der Waals surface area contributed by atoms with Gasteiger partial charge in [-0.05, 0) is 42.5 Å². The van der Waals surface area contributed by atoms with Gasteiger partial charge in [-0.1, -0.05) is 51.7 Å². The van der Waals surface area contributed by atoms with Crippen molar-refractivity contribution in [3.05, 3.63) is 35.4 Å². The molecule has 4 nitrogen and oxygen atoms in total. The second kappa shape index (κ2) is 9.06. The highest BCUT2D eigenvalue weighted by Gasteiger charge is 2.33. The molecule has 0 fully saturated rings. The number of para-hydroxylation sites is 1. The molecule has 27 heavy (non-hydrogen) atoms. The van der Waals surface area contributed by atoms with Crippen LogP contribution in [0.1, 0.15) is 63.0 Å². The quantitative estimate of drug-likeness (QED) is 0.569. The van der Waals surface area contributed by atoms with Gasteiger partial charge in [-0.3, -0.25) is 0 Å². The maximum atomic E-state index is 12.8. The molecule has 7 heteroatoms. The fraction of sp³-hybridized carbons (Fsp3) is 0.500. The molecule has 2 rings (SSSR count). The van der Waals surface area contributed by atoms with Gasteiger partial charge in [0.15, 0.2) is 0 Å². The standard InChI is InChI=1S/C20H26F3N3O/c1-4-5-6-7-10-13(2)17-14(3)19(24)26-25-18(17)15-11-8-9-12-16(15)27-20(21,22)23/h8-9,11-13H,4-7,10H2,1-3H3,(H2,24,26). The molecule has 1 aromatic heterocycles. The topological polar surface area (TPSA) is 61.0 Å². The fourth-order valence-corrected chi connectivity index (χ4v) is 3.25. The highest BCUT2D eigenvalue weighted by Crippen LogP contribution is 2.39. The van der Waals surface area contributed by atoms with Crippen LogP contribution >= 0.6 is 0 Å². The van der Waals surface area contributed by atoms with E-state index in [1.165, 1.54) is 12.1 Å². The summed E-state index contributed by atoms with van der Waals surface area (Å²) in [6.07, 6.45) is 0.593. The van der Waals surface area contributed by atoms with E-state index >= 15 is 0 Å². The number of anilines is 1. The maximum absolute atomic E-state index is 12.8. The van der Waals surface area contributed by atoms with E-state index in [1.54, 1.807) is 12.1 Å². The van der Waals surface area contributed by atoms with Gasteiger partial charge in [0, 0.05) is 5.56 Å². The molecule has 0 radical (unpaired) electrons. The van der Waals surface area contributed by atoms with Gasteiger partial charge in [-0.15, -0.1) is 23.4 Å². The van der Waals surface area contributed by atoms with E-state index < -0.39 is 6.36 Å². The van der Waals surface area contributed by atoms with E-state index in [1.807, 2.05) is 13.8 Å². The first-order valence-electron chi connectivity index (χ1n) is 9.22. The third-order valence-corrected chi connectivity index (χ3v) is 4.65. The van der Waals surface area contributed by atoms with Crippen LogP contribution in [0.4, 0.5) is 19.0 Å². The number of aromatic nitrogens is 2. The lowest BCUT2D eigenvalue weighted by Gasteiger charge is -2.20. The molecule has 0 spiro atoms. The van der Waals surface area contributed by atoms with E-state index in [-0.39, 0.29) is 17.2 Å². The van der Waals surface area contributed by atoms with Crippen LogP contribution in [0.5, 0.6) is 5.75 Å². The molecule has 1 heterocycles. The molecule has 1 atom stereocenters. The predicted molar refractivity (Wildman–Crippen MR) is 100 cm³/mol. The minimum absolute atomic E-state index is 0.0913. The maximum Gasteiger partial charge on any atom is 0.573 e. The summed E-state index contributed by atoms with van der Waals surface area (Å²) in [4.78, 5) is 0. The summed E-state index contributed by atoms with van der Waals surface area (Å²) in [5.41, 5.74) is 8.18. The molecule has 1 aromatic carbocycles. The van der Waals surface area contributed by atoms with E-state index in [0.717, 1.165) is 43.2 Å². The molecule has 0 aliphatic carbocycles. The molecule has 0 saturated carbocycles. The van der Waals surface area contributed by atoms with Crippen molar-refractivity contribution in [3.8, 4) is 17.0 Å². The van der Waals surface area contributed by atoms with Crippen LogP contribution in [-0.2, 0) is 0 Å². The zero-order chi connectivity index (χ0) is 20.0. The number of nitrogen functional groups attached to an aromatic ring is 1. The summed E-state index contributed by atoms with van der Waals surface area (Å²) in [6.45, 7) is 6.03. The van der Waals surface area contributed by atoms with Crippen molar-refractivity contribution in [3.63, 3.8) is 0 Å². The average molecular weight is 381 g/mol. The fourth-order valence-electron chi connectivity index (χ4n) is 3.25. The van der Waals surface area contributed by atoms with E-state index in [0.29, 0.717) is 11.5 Å². The lowest BCUT2D eigenvalue weighted by molar-refractivity contribution is -0.274. The van der Waals surface area contributed by atoms with Gasteiger partial charge in [0.2, 0.25) is 0 Å². The number of ether oxygens (including phenoxy) is 1. The van der Waals surface area contributed by atoms with Gasteiger partial charge in [-0.2, -0.15) is 0 Å². The number of nitrogens with two attached hydrogens (primary N) is 1. The van der Waals surface area contributed by atoms with Crippen LogP contribution in [0.15, 0.2) is 24.3 Å². The predicted octanol–water partition coefficient (Wildman–Crippen LogP) is 6.01. The summed E-state index contributed by atoms with van der Waals surface area (Å²) >= 11 is 0. The average Bonchev–Trinajstić information content (AvgIpc) is 2.60. The minimum atomic E-state index is -4.78. The molecular weight excluding hydrogens is 355 g/mol. The smallest absolute Gasteiger partial charge is 0.405 e. The molecular formula is C20H26F3N3O. The van der Waals surface area contributed by atoms with E-state index in [4.69, 9.17) is 5.73 Å². The number of nitrogens with zero attached hydrogens (tertiary/aromatic N) is 2. The molecule has 0 amide bonds. The lowest BCUT2D eigenvalue weighted by atomic mass is 9.88. The first kappa shape index (κ1) is 21.0. The Kier molecular flexibility index (Phi) is 7.05. The van der Waals surface area contributed by atoms with Gasteiger partial charge in [0.25, 0.3) is 0 Å². The number of rotatable bonds is 8. The van der Waals surface area contributed by atoms with Gasteiger partial charge in [0.05, 0.1) is 0 Å². The number of unbranched alkanes of at least 4 members (excludes halogenated alkanes) is 3.